The van der Waals surface area contributed by atoms with Crippen LogP contribution >= 0.6 is 0 Å². The molecular weight excluding hydrogens is 312 g/mol. The molecule has 128 valence electrons. The summed E-state index contributed by atoms with van der Waals surface area (Å²) < 4.78 is 2.17. The minimum absolute atomic E-state index is 0.139. The van der Waals surface area contributed by atoms with Crippen LogP contribution in [0.25, 0.3) is 16.5 Å². The third kappa shape index (κ3) is 2.97. The minimum Gasteiger partial charge on any atom is -0.350 e. The molecule has 0 bridgehead atoms. The standard InChI is InChI=1S/C20H22N4O/c1-14-11-16(22-21-14)12-20(25)24-9-7-15(8-10-24)18-13-23(2)19-6-4-3-5-17(18)19/h3-7,11,13H,8-10,12H2,1-2H3,(H,21,22). The number of benzene rings is 1. The number of carbonyl (C=O) groups excluding carboxylic acids is 1. The molecule has 0 radical (unpaired) electrons. The summed E-state index contributed by atoms with van der Waals surface area (Å²) in [5.74, 6) is 0.139. The van der Waals surface area contributed by atoms with Crippen molar-refractivity contribution in [1.29, 1.82) is 0 Å². The first kappa shape index (κ1) is 15.7. The number of nitrogens with one attached hydrogen (secondary N) is 1. The second-order valence-corrected chi connectivity index (χ2v) is 6.71. The van der Waals surface area contributed by atoms with Crippen LogP contribution in [0.15, 0.2) is 42.6 Å². The number of nitrogens with zero attached hydrogens (tertiary/aromatic N) is 3. The predicted molar refractivity (Wildman–Crippen MR) is 99.1 cm³/mol. The van der Waals surface area contributed by atoms with E-state index in [4.69, 9.17) is 0 Å². The lowest BCUT2D eigenvalue weighted by atomic mass is 9.98. The van der Waals surface area contributed by atoms with Gasteiger partial charge in [0.15, 0.2) is 0 Å². The van der Waals surface area contributed by atoms with Gasteiger partial charge in [-0.15, -0.1) is 0 Å². The normalized spacial score (nSPS) is 14.8. The number of amides is 1. The highest BCUT2D eigenvalue weighted by Crippen LogP contribution is 2.30. The Bertz CT molecular complexity index is 963. The Balaban J connectivity index is 1.51. The fourth-order valence-corrected chi connectivity index (χ4v) is 3.57. The minimum atomic E-state index is 0.139. The van der Waals surface area contributed by atoms with Gasteiger partial charge in [-0.25, -0.2) is 0 Å². The zero-order valence-corrected chi connectivity index (χ0v) is 14.6. The highest BCUT2D eigenvalue weighted by Gasteiger charge is 2.20. The van der Waals surface area contributed by atoms with Crippen molar-refractivity contribution in [2.75, 3.05) is 13.1 Å². The Hall–Kier alpha value is -2.82. The molecule has 5 heteroatoms. The number of carbonyl (C=O) groups is 1. The molecule has 1 aromatic carbocycles. The summed E-state index contributed by atoms with van der Waals surface area (Å²) in [6.45, 7) is 3.37. The molecule has 1 aliphatic rings. The molecule has 0 spiro atoms. The van der Waals surface area contributed by atoms with Gasteiger partial charge < -0.3 is 9.47 Å². The van der Waals surface area contributed by atoms with Crippen LogP contribution in [0.4, 0.5) is 0 Å². The summed E-state index contributed by atoms with van der Waals surface area (Å²) in [6.07, 6.45) is 5.64. The number of aromatic amines is 1. The fourth-order valence-electron chi connectivity index (χ4n) is 3.57. The number of rotatable bonds is 3. The molecular formula is C20H22N4O. The molecule has 0 unspecified atom stereocenters. The molecule has 1 N–H and O–H groups in total. The van der Waals surface area contributed by atoms with Gasteiger partial charge in [-0.2, -0.15) is 5.10 Å². The van der Waals surface area contributed by atoms with Crippen molar-refractivity contribution in [2.24, 2.45) is 7.05 Å². The van der Waals surface area contributed by atoms with Gasteiger partial charge in [-0.3, -0.25) is 9.89 Å². The highest BCUT2D eigenvalue weighted by molar-refractivity contribution is 5.93. The van der Waals surface area contributed by atoms with Crippen molar-refractivity contribution in [3.8, 4) is 0 Å². The molecule has 25 heavy (non-hydrogen) atoms. The summed E-state index contributed by atoms with van der Waals surface area (Å²) in [6, 6.07) is 10.4. The third-order valence-electron chi connectivity index (χ3n) is 4.90. The van der Waals surface area contributed by atoms with Crippen LogP contribution in [0, 0.1) is 6.92 Å². The van der Waals surface area contributed by atoms with Gasteiger partial charge in [-0.1, -0.05) is 24.3 Å². The second-order valence-electron chi connectivity index (χ2n) is 6.71. The van der Waals surface area contributed by atoms with E-state index in [0.29, 0.717) is 13.0 Å². The summed E-state index contributed by atoms with van der Waals surface area (Å²) in [5, 5.41) is 8.33. The number of fused-ring (bicyclic) bond motifs is 1. The number of aryl methyl sites for hydroxylation is 2. The monoisotopic (exact) mass is 334 g/mol. The van der Waals surface area contributed by atoms with Crippen molar-refractivity contribution >= 4 is 22.4 Å². The largest absolute Gasteiger partial charge is 0.350 e. The van der Waals surface area contributed by atoms with Crippen LogP contribution in [0.1, 0.15) is 23.4 Å². The quantitative estimate of drug-likeness (QED) is 0.800. The number of H-pyrrole nitrogens is 1. The lowest BCUT2D eigenvalue weighted by molar-refractivity contribution is -0.130. The van der Waals surface area contributed by atoms with Gasteiger partial charge in [0.05, 0.1) is 12.1 Å². The number of hydrogen-bond donors (Lipinski definition) is 1. The predicted octanol–water partition coefficient (Wildman–Crippen LogP) is 3.07. The van der Waals surface area contributed by atoms with Crippen molar-refractivity contribution in [3.63, 3.8) is 0 Å². The lowest BCUT2D eigenvalue weighted by Crippen LogP contribution is -2.35. The first-order valence-corrected chi connectivity index (χ1v) is 8.64. The van der Waals surface area contributed by atoms with Crippen LogP contribution < -0.4 is 0 Å². The Labute approximate surface area is 146 Å². The van der Waals surface area contributed by atoms with Gasteiger partial charge >= 0.3 is 0 Å². The van der Waals surface area contributed by atoms with E-state index < -0.39 is 0 Å². The molecule has 3 heterocycles. The van der Waals surface area contributed by atoms with Gasteiger partial charge in [0.1, 0.15) is 0 Å². The number of hydrogen-bond acceptors (Lipinski definition) is 2. The molecule has 1 amide bonds. The summed E-state index contributed by atoms with van der Waals surface area (Å²) in [5.41, 5.74) is 5.65. The van der Waals surface area contributed by atoms with Crippen LogP contribution in [0.5, 0.6) is 0 Å². The SMILES string of the molecule is Cc1cc(CC(=O)N2CC=C(c3cn(C)c4ccccc34)CC2)n[nH]1. The maximum absolute atomic E-state index is 12.5. The average molecular weight is 334 g/mol. The molecule has 3 aromatic rings. The maximum atomic E-state index is 12.5. The topological polar surface area (TPSA) is 53.9 Å². The molecule has 0 aliphatic carbocycles. The first-order valence-electron chi connectivity index (χ1n) is 8.64. The molecule has 0 saturated heterocycles. The smallest absolute Gasteiger partial charge is 0.228 e. The first-order chi connectivity index (χ1) is 12.1. The van der Waals surface area contributed by atoms with Crippen molar-refractivity contribution in [2.45, 2.75) is 19.8 Å². The van der Waals surface area contributed by atoms with Crippen LogP contribution in [-0.4, -0.2) is 38.7 Å². The Kier molecular flexibility index (Phi) is 3.92. The van der Waals surface area contributed by atoms with E-state index in [2.05, 4.69) is 58.4 Å². The van der Waals surface area contributed by atoms with Gasteiger partial charge in [0, 0.05) is 48.5 Å². The molecule has 0 atom stereocenters. The molecule has 0 fully saturated rings. The van der Waals surface area contributed by atoms with Gasteiger partial charge in [0.2, 0.25) is 5.91 Å². The van der Waals surface area contributed by atoms with Crippen LogP contribution in [-0.2, 0) is 18.3 Å². The zero-order valence-electron chi connectivity index (χ0n) is 14.6. The van der Waals surface area contributed by atoms with E-state index in [0.717, 1.165) is 24.4 Å². The van der Waals surface area contributed by atoms with Crippen LogP contribution in [0.2, 0.25) is 0 Å². The lowest BCUT2D eigenvalue weighted by Gasteiger charge is -2.26. The zero-order chi connectivity index (χ0) is 17.4. The van der Waals surface area contributed by atoms with E-state index in [-0.39, 0.29) is 5.91 Å². The van der Waals surface area contributed by atoms with E-state index in [1.54, 1.807) is 0 Å². The molecule has 5 nitrogen and oxygen atoms in total. The molecule has 2 aromatic heterocycles. The molecule has 0 saturated carbocycles. The van der Waals surface area contributed by atoms with E-state index in [1.807, 2.05) is 17.9 Å². The van der Waals surface area contributed by atoms with E-state index >= 15 is 0 Å². The summed E-state index contributed by atoms with van der Waals surface area (Å²) >= 11 is 0. The van der Waals surface area contributed by atoms with Crippen molar-refractivity contribution < 1.29 is 4.79 Å². The van der Waals surface area contributed by atoms with Crippen molar-refractivity contribution in [1.82, 2.24) is 19.7 Å². The fraction of sp³-hybridized carbons (Fsp3) is 0.300. The molecule has 4 rings (SSSR count). The van der Waals surface area contributed by atoms with Gasteiger partial charge in [0.25, 0.3) is 0 Å². The highest BCUT2D eigenvalue weighted by atomic mass is 16.2. The number of para-hydroxylation sites is 1. The Morgan fingerprint density at radius 1 is 1.32 bits per heavy atom. The van der Waals surface area contributed by atoms with E-state index in [9.17, 15) is 4.79 Å². The van der Waals surface area contributed by atoms with Gasteiger partial charge in [-0.05, 0) is 31.1 Å². The van der Waals surface area contributed by atoms with Crippen LogP contribution in [0.3, 0.4) is 0 Å². The van der Waals surface area contributed by atoms with Crippen molar-refractivity contribution in [3.05, 3.63) is 59.6 Å². The number of aromatic nitrogens is 3. The maximum Gasteiger partial charge on any atom is 0.228 e. The summed E-state index contributed by atoms with van der Waals surface area (Å²) in [4.78, 5) is 14.4. The molecule has 1 aliphatic heterocycles. The summed E-state index contributed by atoms with van der Waals surface area (Å²) in [7, 11) is 2.08. The van der Waals surface area contributed by atoms with E-state index in [1.165, 1.54) is 22.0 Å². The third-order valence-corrected chi connectivity index (χ3v) is 4.90. The average Bonchev–Trinajstić information content (AvgIpc) is 3.19. The second kappa shape index (κ2) is 6.24. The Morgan fingerprint density at radius 3 is 2.88 bits per heavy atom. The Morgan fingerprint density at radius 2 is 2.16 bits per heavy atom.